The molecule has 61 heavy (non-hydrogen) atoms. The summed E-state index contributed by atoms with van der Waals surface area (Å²) in [6.45, 7) is 6.62. The minimum Gasteiger partial charge on any atom is -0.459 e. The Morgan fingerprint density at radius 1 is 0.869 bits per heavy atom. The molecule has 1 aliphatic carbocycles. The first-order chi connectivity index (χ1) is 29.4. The summed E-state index contributed by atoms with van der Waals surface area (Å²) < 4.78 is 19.9. The van der Waals surface area contributed by atoms with Gasteiger partial charge in [-0.15, -0.1) is 0 Å². The number of rotatable bonds is 13. The molecule has 2 fully saturated rings. The zero-order chi connectivity index (χ0) is 42.9. The molecule has 4 N–H and O–H groups in total. The van der Waals surface area contributed by atoms with Crippen molar-refractivity contribution in [1.82, 2.24) is 0 Å². The second-order valence-electron chi connectivity index (χ2n) is 17.3. The summed E-state index contributed by atoms with van der Waals surface area (Å²) in [7, 11) is -6.04. The SMILES string of the molecule is CC(C)(C)[Si](OCC1=C2[C@@H](CC/C(=C/c3ccc(CO)o3)c3ccccc3)OB(O)C[C@@H]2[C@@H]2C(=O)N(c3cccc(B(O)O)c3)C(=O)[C@@H]2C1)(c1ccccc1)c1ccccc1. The number of hydrogen-bond donors (Lipinski definition) is 4. The van der Waals surface area contributed by atoms with Gasteiger partial charge < -0.3 is 33.7 Å². The Kier molecular flexibility index (Phi) is 12.4. The van der Waals surface area contributed by atoms with E-state index in [2.05, 4.69) is 45.0 Å². The van der Waals surface area contributed by atoms with Crippen molar-refractivity contribution < 1.29 is 43.3 Å². The number of benzene rings is 4. The van der Waals surface area contributed by atoms with Crippen molar-refractivity contribution in [1.29, 1.82) is 0 Å². The Labute approximate surface area is 358 Å². The van der Waals surface area contributed by atoms with E-state index in [1.165, 1.54) is 17.0 Å². The predicted molar refractivity (Wildman–Crippen MR) is 240 cm³/mol. The molecule has 2 aliphatic heterocycles. The maximum Gasteiger partial charge on any atom is 0.488 e. The van der Waals surface area contributed by atoms with E-state index in [1.54, 1.807) is 18.2 Å². The van der Waals surface area contributed by atoms with E-state index in [9.17, 15) is 29.8 Å². The topological polar surface area (TPSA) is 150 Å². The lowest BCUT2D eigenvalue weighted by Gasteiger charge is -2.46. The number of aliphatic hydroxyl groups is 1. The molecule has 4 atom stereocenters. The Hall–Kier alpha value is -5.11. The molecule has 3 aliphatic rings. The lowest BCUT2D eigenvalue weighted by atomic mass is 9.58. The van der Waals surface area contributed by atoms with E-state index in [-0.39, 0.29) is 54.0 Å². The molecule has 1 aromatic heterocycles. The van der Waals surface area contributed by atoms with Crippen molar-refractivity contribution in [3.63, 3.8) is 0 Å². The van der Waals surface area contributed by atoms with Crippen LogP contribution in [0.5, 0.6) is 0 Å². The van der Waals surface area contributed by atoms with Crippen LogP contribution in [-0.2, 0) is 25.3 Å². The highest BCUT2D eigenvalue weighted by Crippen LogP contribution is 2.52. The molecule has 4 aromatic carbocycles. The van der Waals surface area contributed by atoms with Gasteiger partial charge in [0.15, 0.2) is 0 Å². The van der Waals surface area contributed by atoms with E-state index >= 15 is 0 Å². The summed E-state index contributed by atoms with van der Waals surface area (Å²) >= 11 is 0. The smallest absolute Gasteiger partial charge is 0.459 e. The normalized spacial score (nSPS) is 20.9. The molecule has 5 aromatic rings. The second-order valence-corrected chi connectivity index (χ2v) is 21.6. The average molecular weight is 836 g/mol. The average Bonchev–Trinajstić information content (AvgIpc) is 3.83. The summed E-state index contributed by atoms with van der Waals surface area (Å²) in [6, 6.07) is 40.4. The molecule has 312 valence electrons. The molecule has 2 amide bonds. The number of hydrogen-bond acceptors (Lipinski definition) is 9. The molecule has 3 heterocycles. The number of allylic oxidation sites excluding steroid dienone is 1. The van der Waals surface area contributed by atoms with Gasteiger partial charge in [-0.05, 0) is 105 Å². The molecule has 13 heteroatoms. The van der Waals surface area contributed by atoms with Gasteiger partial charge >= 0.3 is 14.2 Å². The largest absolute Gasteiger partial charge is 0.488 e. The minimum atomic E-state index is -3.07. The van der Waals surface area contributed by atoms with Crippen LogP contribution in [0.25, 0.3) is 11.6 Å². The fourth-order valence-corrected chi connectivity index (χ4v) is 14.4. The fraction of sp³-hybridized carbons (Fsp3) is 0.292. The van der Waals surface area contributed by atoms with Crippen LogP contribution in [0.2, 0.25) is 11.4 Å². The summed E-state index contributed by atoms with van der Waals surface area (Å²) in [5, 5.41) is 43.0. The van der Waals surface area contributed by atoms with Gasteiger partial charge in [-0.3, -0.25) is 14.5 Å². The molecule has 0 bridgehead atoms. The van der Waals surface area contributed by atoms with Gasteiger partial charge in [0.1, 0.15) is 18.1 Å². The van der Waals surface area contributed by atoms with Gasteiger partial charge in [-0.25, -0.2) is 0 Å². The van der Waals surface area contributed by atoms with Gasteiger partial charge in [-0.2, -0.15) is 0 Å². The number of carbonyl (C=O) groups excluding carboxylic acids is 2. The van der Waals surface area contributed by atoms with E-state index in [0.29, 0.717) is 24.4 Å². The molecule has 2 saturated heterocycles. The maximum atomic E-state index is 14.7. The molecule has 8 rings (SSSR count). The van der Waals surface area contributed by atoms with Gasteiger partial charge in [0.25, 0.3) is 8.32 Å². The quantitative estimate of drug-likeness (QED) is 0.0700. The Morgan fingerprint density at radius 2 is 1.52 bits per heavy atom. The molecule has 0 saturated carbocycles. The van der Waals surface area contributed by atoms with E-state index in [0.717, 1.165) is 32.7 Å². The number of nitrogens with zero attached hydrogens (tertiary/aromatic N) is 1. The van der Waals surface area contributed by atoms with Crippen LogP contribution in [0.15, 0.2) is 143 Å². The van der Waals surface area contributed by atoms with E-state index in [4.69, 9.17) is 13.5 Å². The van der Waals surface area contributed by atoms with Crippen molar-refractivity contribution in [3.05, 3.63) is 156 Å². The van der Waals surface area contributed by atoms with Crippen molar-refractivity contribution in [2.24, 2.45) is 17.8 Å². The standard InChI is InChI=1S/C48H51B2NO9Si/c1-48(2,3)61(39-18-9-5-10-19-39,40-20-11-6-12-21-40)58-31-34-27-41-45(47(54)51(46(41)53)36-17-13-16-35(28-36)50(56)57)42-29-49(55)60-43(44(34)42)25-22-33(32-14-7-4-8-15-32)26-37-23-24-38(30-52)59-37/h4-21,23-24,26,28,41-43,45,52,55-57H,22,25,27,29-31H2,1-3H3/b33-26-/t41-,42+,43-,45-/m1/s1. The van der Waals surface area contributed by atoms with Crippen LogP contribution in [-0.4, -0.2) is 67.3 Å². The molecular formula is C48H51B2NO9Si. The third-order valence-electron chi connectivity index (χ3n) is 12.6. The number of anilines is 1. The summed E-state index contributed by atoms with van der Waals surface area (Å²) in [6.07, 6.45) is 2.67. The summed E-state index contributed by atoms with van der Waals surface area (Å²) in [5.41, 5.74) is 4.15. The number of imide groups is 1. The molecule has 10 nitrogen and oxygen atoms in total. The fourth-order valence-electron chi connectivity index (χ4n) is 9.90. The number of fused-ring (bicyclic) bond motifs is 3. The number of amides is 2. The first kappa shape index (κ1) is 42.6. The van der Waals surface area contributed by atoms with Gasteiger partial charge in [0.05, 0.1) is 30.2 Å². The van der Waals surface area contributed by atoms with E-state index in [1.807, 2.05) is 78.9 Å². The van der Waals surface area contributed by atoms with Gasteiger partial charge in [0.2, 0.25) is 11.8 Å². The van der Waals surface area contributed by atoms with Crippen molar-refractivity contribution in [2.45, 2.75) is 64.1 Å². The van der Waals surface area contributed by atoms with Crippen LogP contribution in [0.3, 0.4) is 0 Å². The third kappa shape index (κ3) is 8.31. The highest BCUT2D eigenvalue weighted by molar-refractivity contribution is 6.99. The van der Waals surface area contributed by atoms with E-state index < -0.39 is 46.4 Å². The second kappa shape index (κ2) is 17.7. The van der Waals surface area contributed by atoms with Crippen molar-refractivity contribution >= 4 is 67.5 Å². The highest BCUT2D eigenvalue weighted by Gasteiger charge is 2.58. The van der Waals surface area contributed by atoms with Crippen LogP contribution in [0, 0.1) is 17.8 Å². The number of carbonyl (C=O) groups is 2. The Bertz CT molecular complexity index is 2380. The zero-order valence-electron chi connectivity index (χ0n) is 34.7. The summed E-state index contributed by atoms with van der Waals surface area (Å²) in [4.78, 5) is 30.4. The highest BCUT2D eigenvalue weighted by atomic mass is 28.4. The monoisotopic (exact) mass is 835 g/mol. The molecule has 0 unspecified atom stereocenters. The molecular weight excluding hydrogens is 784 g/mol. The van der Waals surface area contributed by atoms with Crippen molar-refractivity contribution in [2.75, 3.05) is 11.5 Å². The third-order valence-corrected chi connectivity index (χ3v) is 17.6. The van der Waals surface area contributed by atoms with Gasteiger partial charge in [-0.1, -0.05) is 124 Å². The van der Waals surface area contributed by atoms with Crippen LogP contribution >= 0.6 is 0 Å². The lowest BCUT2D eigenvalue weighted by molar-refractivity contribution is -0.122. The molecule has 0 radical (unpaired) electrons. The lowest BCUT2D eigenvalue weighted by Crippen LogP contribution is -2.66. The Morgan fingerprint density at radius 3 is 2.13 bits per heavy atom. The number of furan rings is 1. The van der Waals surface area contributed by atoms with Crippen LogP contribution in [0.4, 0.5) is 5.69 Å². The predicted octanol–water partition coefficient (Wildman–Crippen LogP) is 5.35. The van der Waals surface area contributed by atoms with Crippen LogP contribution < -0.4 is 20.7 Å². The Balaban J connectivity index is 1.22. The summed E-state index contributed by atoms with van der Waals surface area (Å²) in [5.74, 6) is -1.73. The van der Waals surface area contributed by atoms with Crippen molar-refractivity contribution in [3.8, 4) is 0 Å². The zero-order valence-corrected chi connectivity index (χ0v) is 35.7. The minimum absolute atomic E-state index is 0.121. The van der Waals surface area contributed by atoms with Gasteiger partial charge in [0, 0.05) is 0 Å². The molecule has 0 spiro atoms. The first-order valence-corrected chi connectivity index (χ1v) is 22.9. The first-order valence-electron chi connectivity index (χ1n) is 21.0. The number of aliphatic hydroxyl groups excluding tert-OH is 1. The maximum absolute atomic E-state index is 14.7. The van der Waals surface area contributed by atoms with Crippen LogP contribution in [0.1, 0.15) is 57.1 Å².